The third kappa shape index (κ3) is 7.41. The molecule has 0 aliphatic heterocycles. The lowest BCUT2D eigenvalue weighted by molar-refractivity contribution is -0.137. The summed E-state index contributed by atoms with van der Waals surface area (Å²) in [6.45, 7) is 4.74. The van der Waals surface area contributed by atoms with Crippen LogP contribution in [-0.4, -0.2) is 14.2 Å². The molecule has 0 aromatic heterocycles. The highest BCUT2D eigenvalue weighted by Gasteiger charge is 2.31. The number of benzene rings is 3. The molecule has 0 spiro atoms. The first-order valence-electron chi connectivity index (χ1n) is 10.3. The van der Waals surface area contributed by atoms with E-state index in [0.29, 0.717) is 36.0 Å². The zero-order valence-corrected chi connectivity index (χ0v) is 18.7. The Hall–Kier alpha value is -3.35. The first-order valence-corrected chi connectivity index (χ1v) is 10.3. The van der Waals surface area contributed by atoms with Crippen molar-refractivity contribution in [3.05, 3.63) is 83.4 Å². The topological polar surface area (TPSA) is 42.5 Å². The lowest BCUT2D eigenvalue weighted by Crippen LogP contribution is -2.09. The second kappa shape index (κ2) is 11.9. The molecule has 3 aromatic carbocycles. The first-order chi connectivity index (χ1) is 15.4. The van der Waals surface area contributed by atoms with Gasteiger partial charge in [-0.25, -0.2) is 0 Å². The van der Waals surface area contributed by atoms with Crippen molar-refractivity contribution in [1.82, 2.24) is 0 Å². The van der Waals surface area contributed by atoms with E-state index in [2.05, 4.69) is 10.6 Å². The molecule has 3 aromatic rings. The summed E-state index contributed by atoms with van der Waals surface area (Å²) in [6, 6.07) is 18.6. The number of nitrogens with one attached hydrogen (secondary N) is 2. The normalized spacial score (nSPS) is 10.6. The summed E-state index contributed by atoms with van der Waals surface area (Å²) in [4.78, 5) is 0. The van der Waals surface area contributed by atoms with Gasteiger partial charge in [0.05, 0.1) is 19.8 Å². The minimum Gasteiger partial charge on any atom is -0.497 e. The van der Waals surface area contributed by atoms with Crippen molar-refractivity contribution in [1.29, 1.82) is 0 Å². The average molecular weight is 447 g/mol. The summed E-state index contributed by atoms with van der Waals surface area (Å²) in [5, 5.41) is 6.13. The van der Waals surface area contributed by atoms with E-state index in [1.165, 1.54) is 0 Å². The van der Waals surface area contributed by atoms with Gasteiger partial charge in [0.15, 0.2) is 0 Å². The van der Waals surface area contributed by atoms with E-state index in [0.717, 1.165) is 23.3 Å². The van der Waals surface area contributed by atoms with Crippen LogP contribution < -0.4 is 20.1 Å². The standard InChI is InChI=1S/C23H23F3N2O2.C2H6/c1-29-21-7-3-5-16(9-21)14-27-19-11-18(23(24,25)26)12-20(13-19)28-15-17-6-4-8-22(10-17)30-2;1-2/h3-13,27-28H,14-15H2,1-2H3;1-2H3. The molecule has 0 heterocycles. The summed E-state index contributed by atoms with van der Waals surface area (Å²) in [5.41, 5.74) is 1.84. The zero-order chi connectivity index (χ0) is 23.6. The molecule has 7 heteroatoms. The average Bonchev–Trinajstić information content (AvgIpc) is 2.82. The van der Waals surface area contributed by atoms with Gasteiger partial charge in [0.25, 0.3) is 0 Å². The SMILES string of the molecule is CC.COc1cccc(CNc2cc(NCc3cccc(OC)c3)cc(C(F)(F)F)c2)c1. The van der Waals surface area contributed by atoms with E-state index in [1.807, 2.05) is 62.4 Å². The second-order valence-electron chi connectivity index (χ2n) is 6.71. The van der Waals surface area contributed by atoms with Crippen LogP contribution in [0, 0.1) is 0 Å². The van der Waals surface area contributed by atoms with Gasteiger partial charge in [-0.3, -0.25) is 0 Å². The summed E-state index contributed by atoms with van der Waals surface area (Å²) >= 11 is 0. The molecule has 0 aliphatic rings. The maximum absolute atomic E-state index is 13.4. The van der Waals surface area contributed by atoms with Crippen LogP contribution in [0.4, 0.5) is 24.5 Å². The third-order valence-electron chi connectivity index (χ3n) is 4.52. The van der Waals surface area contributed by atoms with Crippen molar-refractivity contribution in [3.8, 4) is 11.5 Å². The number of ether oxygens (including phenoxy) is 2. The quantitative estimate of drug-likeness (QED) is 0.392. The van der Waals surface area contributed by atoms with Gasteiger partial charge >= 0.3 is 6.18 Å². The van der Waals surface area contributed by atoms with Gasteiger partial charge in [0.1, 0.15) is 11.5 Å². The molecular weight excluding hydrogens is 417 g/mol. The second-order valence-corrected chi connectivity index (χ2v) is 6.71. The predicted octanol–water partition coefficient (Wildman–Crippen LogP) is 6.97. The van der Waals surface area contributed by atoms with Crippen molar-refractivity contribution in [2.75, 3.05) is 24.9 Å². The largest absolute Gasteiger partial charge is 0.497 e. The molecule has 4 nitrogen and oxygen atoms in total. The Morgan fingerprint density at radius 2 is 1.12 bits per heavy atom. The van der Waals surface area contributed by atoms with E-state index in [9.17, 15) is 13.2 Å². The zero-order valence-electron chi connectivity index (χ0n) is 18.7. The lowest BCUT2D eigenvalue weighted by Gasteiger charge is -2.15. The van der Waals surface area contributed by atoms with Crippen molar-refractivity contribution < 1.29 is 22.6 Å². The highest BCUT2D eigenvalue weighted by molar-refractivity contribution is 5.60. The molecular formula is C25H29F3N2O2. The van der Waals surface area contributed by atoms with Crippen molar-refractivity contribution in [3.63, 3.8) is 0 Å². The van der Waals surface area contributed by atoms with Gasteiger partial charge in [0.2, 0.25) is 0 Å². The number of alkyl halides is 3. The number of methoxy groups -OCH3 is 2. The highest BCUT2D eigenvalue weighted by Crippen LogP contribution is 2.34. The van der Waals surface area contributed by atoms with E-state index >= 15 is 0 Å². The monoisotopic (exact) mass is 446 g/mol. The first kappa shape index (κ1) is 24.9. The Kier molecular flexibility index (Phi) is 9.25. The minimum absolute atomic E-state index is 0.369. The van der Waals surface area contributed by atoms with Gasteiger partial charge < -0.3 is 20.1 Å². The van der Waals surface area contributed by atoms with Gasteiger partial charge in [-0.15, -0.1) is 0 Å². The summed E-state index contributed by atoms with van der Waals surface area (Å²) in [7, 11) is 3.14. The van der Waals surface area contributed by atoms with E-state index < -0.39 is 11.7 Å². The molecule has 0 saturated carbocycles. The summed E-state index contributed by atoms with van der Waals surface area (Å²) in [5.74, 6) is 1.39. The molecule has 0 fully saturated rings. The molecule has 0 aliphatic carbocycles. The van der Waals surface area contributed by atoms with Crippen LogP contribution in [0.25, 0.3) is 0 Å². The van der Waals surface area contributed by atoms with Crippen molar-refractivity contribution in [2.45, 2.75) is 33.1 Å². The number of hydrogen-bond donors (Lipinski definition) is 2. The Bertz CT molecular complexity index is 921. The van der Waals surface area contributed by atoms with E-state index in [1.54, 1.807) is 20.3 Å². The molecule has 0 atom stereocenters. The molecule has 32 heavy (non-hydrogen) atoms. The number of hydrogen-bond acceptors (Lipinski definition) is 4. The summed E-state index contributed by atoms with van der Waals surface area (Å²) in [6.07, 6.45) is -4.44. The number of halogens is 3. The smallest absolute Gasteiger partial charge is 0.416 e. The molecule has 0 bridgehead atoms. The van der Waals surface area contributed by atoms with Crippen LogP contribution in [-0.2, 0) is 19.3 Å². The molecule has 0 amide bonds. The summed E-state index contributed by atoms with van der Waals surface area (Å²) < 4.78 is 50.5. The highest BCUT2D eigenvalue weighted by atomic mass is 19.4. The Balaban J connectivity index is 0.00000176. The fourth-order valence-electron chi connectivity index (χ4n) is 2.97. The van der Waals surface area contributed by atoms with Gasteiger partial charge in [0, 0.05) is 24.5 Å². The molecule has 0 radical (unpaired) electrons. The van der Waals surface area contributed by atoms with Crippen LogP contribution in [0.1, 0.15) is 30.5 Å². The minimum atomic E-state index is -4.44. The molecule has 3 rings (SSSR count). The van der Waals surface area contributed by atoms with Crippen LogP contribution in [0.3, 0.4) is 0 Å². The molecule has 172 valence electrons. The van der Waals surface area contributed by atoms with Gasteiger partial charge in [-0.05, 0) is 53.6 Å². The Labute approximate surface area is 187 Å². The van der Waals surface area contributed by atoms with Gasteiger partial charge in [-0.2, -0.15) is 13.2 Å². The predicted molar refractivity (Wildman–Crippen MR) is 123 cm³/mol. The maximum atomic E-state index is 13.4. The van der Waals surface area contributed by atoms with Crippen LogP contribution in [0.15, 0.2) is 66.7 Å². The Morgan fingerprint density at radius 1 is 0.688 bits per heavy atom. The molecule has 2 N–H and O–H groups in total. The van der Waals surface area contributed by atoms with Crippen molar-refractivity contribution >= 4 is 11.4 Å². The van der Waals surface area contributed by atoms with E-state index in [4.69, 9.17) is 9.47 Å². The fraction of sp³-hybridized carbons (Fsp3) is 0.280. The molecule has 0 saturated heterocycles. The van der Waals surface area contributed by atoms with Gasteiger partial charge in [-0.1, -0.05) is 38.1 Å². The van der Waals surface area contributed by atoms with Crippen molar-refractivity contribution in [2.24, 2.45) is 0 Å². The van der Waals surface area contributed by atoms with Crippen LogP contribution >= 0.6 is 0 Å². The van der Waals surface area contributed by atoms with E-state index in [-0.39, 0.29) is 0 Å². The maximum Gasteiger partial charge on any atom is 0.416 e. The van der Waals surface area contributed by atoms with Crippen LogP contribution in [0.2, 0.25) is 0 Å². The lowest BCUT2D eigenvalue weighted by atomic mass is 10.1. The van der Waals surface area contributed by atoms with Crippen LogP contribution in [0.5, 0.6) is 11.5 Å². The third-order valence-corrected chi connectivity index (χ3v) is 4.52. The molecule has 0 unspecified atom stereocenters. The fourth-order valence-corrected chi connectivity index (χ4v) is 2.97. The number of rotatable bonds is 8. The Morgan fingerprint density at radius 3 is 1.50 bits per heavy atom. The number of anilines is 2.